The summed E-state index contributed by atoms with van der Waals surface area (Å²) in [6.07, 6.45) is 6.16. The second kappa shape index (κ2) is 13.3. The third-order valence-electron chi connectivity index (χ3n) is 11.7. The average Bonchev–Trinajstić information content (AvgIpc) is 3.80. The summed E-state index contributed by atoms with van der Waals surface area (Å²) in [5.74, 6) is -0.885. The zero-order valence-electron chi connectivity index (χ0n) is 30.0. The maximum Gasteiger partial charge on any atom is 0.255 e. The molecular formula is C41H39BFN7O4. The van der Waals surface area contributed by atoms with E-state index in [1.807, 2.05) is 59.4 Å². The van der Waals surface area contributed by atoms with Crippen LogP contribution >= 0.6 is 0 Å². The van der Waals surface area contributed by atoms with E-state index in [1.54, 1.807) is 28.8 Å². The van der Waals surface area contributed by atoms with E-state index >= 15 is 4.39 Å². The van der Waals surface area contributed by atoms with Crippen LogP contribution in [0, 0.1) is 0 Å². The first kappa shape index (κ1) is 34.1. The first-order valence-corrected chi connectivity index (χ1v) is 18.6. The minimum absolute atomic E-state index is 0.0699. The number of anilines is 3. The Hall–Kier alpha value is -5.72. The highest BCUT2D eigenvalue weighted by Gasteiger charge is 2.39. The topological polar surface area (TPSA) is 113 Å². The SMILES string of the molecule is [B]C(F)c1cc2c(cc1-c1cnn(C3CCN(c4ccc5c(c4)CN(C4CCC(=O)NC4=O)C5=O)CC3)c1)CCCN2c1cccc2c1ccc(=O)n2C. The third kappa shape index (κ3) is 5.77. The molecule has 2 atom stereocenters. The van der Waals surface area contributed by atoms with Crippen molar-refractivity contribution in [2.45, 2.75) is 63.2 Å². The van der Waals surface area contributed by atoms with Crippen LogP contribution in [0.4, 0.5) is 21.5 Å². The molecule has 0 bridgehead atoms. The van der Waals surface area contributed by atoms with Crippen LogP contribution in [-0.4, -0.2) is 70.5 Å². The maximum atomic E-state index is 15.3. The molecule has 272 valence electrons. The molecule has 54 heavy (non-hydrogen) atoms. The largest absolute Gasteiger partial charge is 0.371 e. The lowest BCUT2D eigenvalue weighted by Crippen LogP contribution is -2.52. The Morgan fingerprint density at radius 2 is 1.72 bits per heavy atom. The van der Waals surface area contributed by atoms with E-state index in [9.17, 15) is 19.2 Å². The smallest absolute Gasteiger partial charge is 0.255 e. The van der Waals surface area contributed by atoms with Gasteiger partial charge in [-0.2, -0.15) is 5.10 Å². The second-order valence-corrected chi connectivity index (χ2v) is 14.8. The molecule has 11 nitrogen and oxygen atoms in total. The standard InChI is InChI=1S/C41H39BFN7O4/c1-46-33-5-2-6-34(30(33)9-12-38(46)52)48-15-3-4-24-19-31(32(39(42)43)20-36(24)48)26-21-44-50(23-26)27-13-16-47(17-14-27)28-7-8-29-25(18-28)22-49(41(29)54)35-10-11-37(51)45-40(35)53/h2,5-9,12,18-21,23,27,35,39H,3-4,10-11,13-17,22H2,1H3,(H,45,51,53). The van der Waals surface area contributed by atoms with Crippen molar-refractivity contribution in [2.75, 3.05) is 29.4 Å². The van der Waals surface area contributed by atoms with E-state index in [-0.39, 0.29) is 29.8 Å². The van der Waals surface area contributed by atoms with Crippen LogP contribution in [0.5, 0.6) is 0 Å². The van der Waals surface area contributed by atoms with Gasteiger partial charge in [-0.15, -0.1) is 0 Å². The van der Waals surface area contributed by atoms with Gasteiger partial charge in [0.05, 0.1) is 29.5 Å². The Morgan fingerprint density at radius 1 is 0.889 bits per heavy atom. The minimum atomic E-state index is -1.69. The number of carbonyl (C=O) groups is 3. The Bertz CT molecular complexity index is 2420. The molecule has 0 aliphatic carbocycles. The molecule has 4 aliphatic heterocycles. The molecule has 6 heterocycles. The molecular weight excluding hydrogens is 684 g/mol. The van der Waals surface area contributed by atoms with Gasteiger partial charge >= 0.3 is 0 Å². The molecule has 2 saturated heterocycles. The fourth-order valence-corrected chi connectivity index (χ4v) is 8.83. The molecule has 3 aromatic carbocycles. The summed E-state index contributed by atoms with van der Waals surface area (Å²) in [5, 5.41) is 8.07. The number of carbonyl (C=O) groups excluding carboxylic acids is 3. The second-order valence-electron chi connectivity index (χ2n) is 14.8. The van der Waals surface area contributed by atoms with Gasteiger partial charge in [0.2, 0.25) is 11.8 Å². The molecule has 5 aromatic rings. The molecule has 13 heteroatoms. The zero-order valence-corrected chi connectivity index (χ0v) is 30.0. The van der Waals surface area contributed by atoms with Gasteiger partial charge in [0, 0.05) is 79.8 Å². The number of hydrogen-bond donors (Lipinski definition) is 1. The van der Waals surface area contributed by atoms with Crippen molar-refractivity contribution in [3.05, 3.63) is 106 Å². The number of nitrogens with zero attached hydrogens (tertiary/aromatic N) is 6. The van der Waals surface area contributed by atoms with Crippen molar-refractivity contribution in [3.63, 3.8) is 0 Å². The highest BCUT2D eigenvalue weighted by molar-refractivity contribution is 6.12. The number of amides is 3. The number of fused-ring (bicyclic) bond motifs is 3. The van der Waals surface area contributed by atoms with Gasteiger partial charge in [-0.3, -0.25) is 33.6 Å². The van der Waals surface area contributed by atoms with Crippen LogP contribution in [0.25, 0.3) is 22.0 Å². The summed E-state index contributed by atoms with van der Waals surface area (Å²) in [7, 11) is 7.78. The molecule has 2 fully saturated rings. The number of rotatable bonds is 6. The molecule has 1 N–H and O–H groups in total. The van der Waals surface area contributed by atoms with Crippen LogP contribution in [-0.2, 0) is 29.6 Å². The normalized spacial score (nSPS) is 19.6. The molecule has 4 aliphatic rings. The van der Waals surface area contributed by atoms with Crippen LogP contribution in [0.1, 0.15) is 71.3 Å². The van der Waals surface area contributed by atoms with Crippen molar-refractivity contribution in [3.8, 4) is 11.1 Å². The quantitative estimate of drug-likeness (QED) is 0.189. The lowest BCUT2D eigenvalue weighted by molar-refractivity contribution is -0.136. The predicted molar refractivity (Wildman–Crippen MR) is 205 cm³/mol. The van der Waals surface area contributed by atoms with Crippen molar-refractivity contribution in [2.24, 2.45) is 7.05 Å². The van der Waals surface area contributed by atoms with E-state index in [2.05, 4.69) is 21.2 Å². The number of aryl methyl sites for hydroxylation is 2. The van der Waals surface area contributed by atoms with Gasteiger partial charge in [0.1, 0.15) is 13.9 Å². The summed E-state index contributed by atoms with van der Waals surface area (Å²) in [4.78, 5) is 55.8. The highest BCUT2D eigenvalue weighted by atomic mass is 19.1. The summed E-state index contributed by atoms with van der Waals surface area (Å²) in [6.45, 7) is 2.69. The lowest BCUT2D eigenvalue weighted by atomic mass is 9.85. The highest BCUT2D eigenvalue weighted by Crippen LogP contribution is 2.42. The van der Waals surface area contributed by atoms with Gasteiger partial charge in [0.15, 0.2) is 0 Å². The van der Waals surface area contributed by atoms with E-state index in [1.165, 1.54) is 0 Å². The average molecular weight is 724 g/mol. The molecule has 2 aromatic heterocycles. The molecule has 2 unspecified atom stereocenters. The fraction of sp³-hybridized carbons (Fsp3) is 0.341. The number of alkyl halides is 1. The first-order chi connectivity index (χ1) is 26.1. The van der Waals surface area contributed by atoms with E-state index in [0.717, 1.165) is 95.5 Å². The summed E-state index contributed by atoms with van der Waals surface area (Å²) >= 11 is 0. The number of piperidine rings is 2. The van der Waals surface area contributed by atoms with Gasteiger partial charge in [-0.05, 0) is 103 Å². The number of halogens is 1. The van der Waals surface area contributed by atoms with Crippen LogP contribution < -0.4 is 20.7 Å². The van der Waals surface area contributed by atoms with Crippen LogP contribution in [0.15, 0.2) is 77.9 Å². The van der Waals surface area contributed by atoms with Gasteiger partial charge in [-0.1, -0.05) is 6.07 Å². The Labute approximate surface area is 312 Å². The minimum Gasteiger partial charge on any atom is -0.371 e. The number of nitrogens with one attached hydrogen (secondary N) is 1. The number of pyridine rings is 1. The maximum absolute atomic E-state index is 15.3. The van der Waals surface area contributed by atoms with E-state index in [0.29, 0.717) is 24.1 Å². The monoisotopic (exact) mass is 723 g/mol. The summed E-state index contributed by atoms with van der Waals surface area (Å²) < 4.78 is 18.9. The molecule has 0 saturated carbocycles. The Balaban J connectivity index is 0.921. The fourth-order valence-electron chi connectivity index (χ4n) is 8.83. The number of benzene rings is 3. The molecule has 3 amide bonds. The van der Waals surface area contributed by atoms with Gasteiger partial charge in [0.25, 0.3) is 11.5 Å². The number of imide groups is 1. The van der Waals surface area contributed by atoms with Crippen molar-refractivity contribution in [1.29, 1.82) is 0 Å². The first-order valence-electron chi connectivity index (χ1n) is 18.6. The van der Waals surface area contributed by atoms with E-state index in [4.69, 9.17) is 12.9 Å². The van der Waals surface area contributed by atoms with Crippen molar-refractivity contribution in [1.82, 2.24) is 24.6 Å². The van der Waals surface area contributed by atoms with Crippen LogP contribution in [0.2, 0.25) is 0 Å². The van der Waals surface area contributed by atoms with Crippen LogP contribution in [0.3, 0.4) is 0 Å². The van der Waals surface area contributed by atoms with Gasteiger partial charge in [-0.25, -0.2) is 0 Å². The lowest BCUT2D eigenvalue weighted by Gasteiger charge is -2.34. The Morgan fingerprint density at radius 3 is 2.52 bits per heavy atom. The molecule has 0 spiro atoms. The van der Waals surface area contributed by atoms with Gasteiger partial charge < -0.3 is 19.3 Å². The predicted octanol–water partition coefficient (Wildman–Crippen LogP) is 5.23. The number of hydrogen-bond acceptors (Lipinski definition) is 7. The molecule has 2 radical (unpaired) electrons. The van der Waals surface area contributed by atoms with Crippen molar-refractivity contribution < 1.29 is 18.8 Å². The summed E-state index contributed by atoms with van der Waals surface area (Å²) in [5.41, 5.74) is 8.28. The third-order valence-corrected chi connectivity index (χ3v) is 11.7. The van der Waals surface area contributed by atoms with Crippen molar-refractivity contribution >= 4 is 53.5 Å². The molecule has 9 rings (SSSR count). The number of aromatic nitrogens is 3. The van der Waals surface area contributed by atoms with E-state index < -0.39 is 18.0 Å². The summed E-state index contributed by atoms with van der Waals surface area (Å²) in [6, 6.07) is 18.7. The Kier molecular flexibility index (Phi) is 8.39. The zero-order chi connectivity index (χ0) is 37.2.